The Morgan fingerprint density at radius 1 is 1.07 bits per heavy atom. The summed E-state index contributed by atoms with van der Waals surface area (Å²) in [5, 5.41) is 10.7. The molecule has 1 atom stereocenters. The van der Waals surface area contributed by atoms with Crippen LogP contribution in [-0.4, -0.2) is 21.6 Å². The van der Waals surface area contributed by atoms with Crippen LogP contribution in [0.25, 0.3) is 5.69 Å². The molecular formula is C20H15ClN4O2. The molecule has 2 amide bonds. The number of rotatable bonds is 1. The maximum atomic E-state index is 13.1. The number of amides is 2. The van der Waals surface area contributed by atoms with Crippen LogP contribution in [-0.2, 0) is 15.0 Å². The molecule has 1 spiro atoms. The monoisotopic (exact) mass is 378 g/mol. The van der Waals surface area contributed by atoms with E-state index in [9.17, 15) is 9.59 Å². The summed E-state index contributed by atoms with van der Waals surface area (Å²) in [6.45, 7) is 1.97. The number of fused-ring (bicyclic) bond motifs is 4. The highest BCUT2D eigenvalue weighted by Crippen LogP contribution is 2.51. The van der Waals surface area contributed by atoms with Crippen LogP contribution in [0.1, 0.15) is 23.1 Å². The lowest BCUT2D eigenvalue weighted by Gasteiger charge is -2.31. The van der Waals surface area contributed by atoms with Gasteiger partial charge in [0.05, 0.1) is 22.6 Å². The summed E-state index contributed by atoms with van der Waals surface area (Å²) >= 11 is 6.29. The molecule has 7 heteroatoms. The summed E-state index contributed by atoms with van der Waals surface area (Å²) in [7, 11) is 0. The number of anilines is 2. The van der Waals surface area contributed by atoms with E-state index in [1.807, 2.05) is 37.3 Å². The molecule has 0 aliphatic carbocycles. The number of nitrogens with zero attached hydrogens (tertiary/aromatic N) is 2. The molecule has 0 saturated heterocycles. The highest BCUT2D eigenvalue weighted by atomic mass is 35.5. The SMILES string of the molecule is Cc1ccccc1-n1ncc2c1NC(=O)C[C@@]21C(=O)Nc2c(Cl)cccc21. The van der Waals surface area contributed by atoms with Gasteiger partial charge in [-0.05, 0) is 30.2 Å². The van der Waals surface area contributed by atoms with Crippen LogP contribution in [0.15, 0.2) is 48.7 Å². The molecule has 0 saturated carbocycles. The Balaban J connectivity index is 1.79. The summed E-state index contributed by atoms with van der Waals surface area (Å²) in [5.41, 5.74) is 2.67. The van der Waals surface area contributed by atoms with Gasteiger partial charge in [0.25, 0.3) is 0 Å². The van der Waals surface area contributed by atoms with Gasteiger partial charge in [-0.1, -0.05) is 41.9 Å². The fourth-order valence-corrected chi connectivity index (χ4v) is 4.29. The molecule has 3 heterocycles. The number of carbonyl (C=O) groups is 2. The fourth-order valence-electron chi connectivity index (χ4n) is 4.07. The van der Waals surface area contributed by atoms with Crippen molar-refractivity contribution in [2.75, 3.05) is 10.6 Å². The minimum Gasteiger partial charge on any atom is -0.323 e. The topological polar surface area (TPSA) is 76.0 Å². The summed E-state index contributed by atoms with van der Waals surface area (Å²) in [5.74, 6) is 0.0235. The first-order chi connectivity index (χ1) is 13.0. The molecule has 1 aromatic heterocycles. The molecule has 2 aliphatic rings. The van der Waals surface area contributed by atoms with Gasteiger partial charge in [0.1, 0.15) is 11.2 Å². The van der Waals surface area contributed by atoms with Gasteiger partial charge < -0.3 is 10.6 Å². The van der Waals surface area contributed by atoms with Gasteiger partial charge in [-0.3, -0.25) is 9.59 Å². The molecule has 0 unspecified atom stereocenters. The zero-order chi connectivity index (χ0) is 18.8. The quantitative estimate of drug-likeness (QED) is 0.681. The number of hydrogen-bond acceptors (Lipinski definition) is 3. The van der Waals surface area contributed by atoms with Gasteiger partial charge in [-0.15, -0.1) is 0 Å². The first-order valence-electron chi connectivity index (χ1n) is 8.57. The van der Waals surface area contributed by atoms with E-state index in [1.165, 1.54) is 0 Å². The summed E-state index contributed by atoms with van der Waals surface area (Å²) in [6.07, 6.45) is 1.68. The molecule has 27 heavy (non-hydrogen) atoms. The second-order valence-corrected chi connectivity index (χ2v) is 7.26. The average Bonchev–Trinajstić information content (AvgIpc) is 3.17. The minimum absolute atomic E-state index is 0.0125. The van der Waals surface area contributed by atoms with Crippen LogP contribution in [0.4, 0.5) is 11.5 Å². The molecular weight excluding hydrogens is 364 g/mol. The van der Waals surface area contributed by atoms with Crippen LogP contribution in [0, 0.1) is 6.92 Å². The van der Waals surface area contributed by atoms with E-state index in [0.29, 0.717) is 27.7 Å². The Bertz CT molecular complexity index is 1140. The van der Waals surface area contributed by atoms with Crippen molar-refractivity contribution < 1.29 is 9.59 Å². The maximum Gasteiger partial charge on any atom is 0.240 e. The van der Waals surface area contributed by atoms with Crippen molar-refractivity contribution in [3.05, 3.63) is 70.4 Å². The van der Waals surface area contributed by atoms with Crippen molar-refractivity contribution in [1.29, 1.82) is 0 Å². The fraction of sp³-hybridized carbons (Fsp3) is 0.150. The molecule has 134 valence electrons. The van der Waals surface area contributed by atoms with Crippen molar-refractivity contribution in [3.63, 3.8) is 0 Å². The van der Waals surface area contributed by atoms with Gasteiger partial charge in [0.15, 0.2) is 0 Å². The second kappa shape index (κ2) is 5.44. The molecule has 2 aromatic carbocycles. The summed E-state index contributed by atoms with van der Waals surface area (Å²) < 4.78 is 1.68. The predicted octanol–water partition coefficient (Wildman–Crippen LogP) is 3.41. The Labute approximate surface area is 160 Å². The van der Waals surface area contributed by atoms with E-state index in [-0.39, 0.29) is 18.2 Å². The zero-order valence-electron chi connectivity index (χ0n) is 14.4. The van der Waals surface area contributed by atoms with E-state index in [0.717, 1.165) is 11.3 Å². The van der Waals surface area contributed by atoms with E-state index < -0.39 is 5.41 Å². The van der Waals surface area contributed by atoms with Gasteiger partial charge in [0, 0.05) is 12.0 Å². The van der Waals surface area contributed by atoms with Gasteiger partial charge in [-0.25, -0.2) is 4.68 Å². The summed E-state index contributed by atoms with van der Waals surface area (Å²) in [4.78, 5) is 25.7. The van der Waals surface area contributed by atoms with Crippen molar-refractivity contribution >= 4 is 34.9 Å². The number of nitrogens with one attached hydrogen (secondary N) is 2. The highest BCUT2D eigenvalue weighted by molar-refractivity contribution is 6.35. The molecule has 6 nitrogen and oxygen atoms in total. The third kappa shape index (κ3) is 2.04. The minimum atomic E-state index is -1.13. The van der Waals surface area contributed by atoms with Gasteiger partial charge in [-0.2, -0.15) is 5.10 Å². The van der Waals surface area contributed by atoms with Crippen molar-refractivity contribution in [1.82, 2.24) is 9.78 Å². The van der Waals surface area contributed by atoms with Gasteiger partial charge in [0.2, 0.25) is 11.8 Å². The third-order valence-corrected chi connectivity index (χ3v) is 5.67. The van der Waals surface area contributed by atoms with Crippen LogP contribution in [0.2, 0.25) is 5.02 Å². The number of aromatic nitrogens is 2. The molecule has 0 radical (unpaired) electrons. The number of para-hydroxylation sites is 2. The first kappa shape index (κ1) is 16.1. The number of hydrogen-bond donors (Lipinski definition) is 2. The van der Waals surface area contributed by atoms with Crippen LogP contribution < -0.4 is 10.6 Å². The van der Waals surface area contributed by atoms with Crippen LogP contribution in [0.3, 0.4) is 0 Å². The lowest BCUT2D eigenvalue weighted by atomic mass is 9.72. The lowest BCUT2D eigenvalue weighted by molar-refractivity contribution is -0.125. The maximum absolute atomic E-state index is 13.1. The second-order valence-electron chi connectivity index (χ2n) is 6.85. The standard InChI is InChI=1S/C20H15ClN4O2/c1-11-5-2-3-8-15(11)25-18-13(10-22-25)20(9-16(26)23-18)12-6-4-7-14(21)17(12)24-19(20)27/h2-8,10H,9H2,1H3,(H,23,26)(H,24,27)/t20-/m0/s1. The molecule has 2 aliphatic heterocycles. The Morgan fingerprint density at radius 2 is 1.89 bits per heavy atom. The number of aryl methyl sites for hydroxylation is 1. The number of halogens is 1. The van der Waals surface area contributed by atoms with E-state index >= 15 is 0 Å². The average molecular weight is 379 g/mol. The molecule has 3 aromatic rings. The van der Waals surface area contributed by atoms with Crippen LogP contribution in [0.5, 0.6) is 0 Å². The number of carbonyl (C=O) groups excluding carboxylic acids is 2. The Morgan fingerprint density at radius 3 is 2.70 bits per heavy atom. The highest BCUT2D eigenvalue weighted by Gasteiger charge is 2.54. The number of benzene rings is 2. The van der Waals surface area contributed by atoms with E-state index in [4.69, 9.17) is 11.6 Å². The Kier molecular flexibility index (Phi) is 3.24. The Hall–Kier alpha value is -3.12. The molecule has 0 bridgehead atoms. The zero-order valence-corrected chi connectivity index (χ0v) is 15.2. The van der Waals surface area contributed by atoms with Crippen molar-refractivity contribution in [2.45, 2.75) is 18.8 Å². The first-order valence-corrected chi connectivity index (χ1v) is 8.95. The van der Waals surface area contributed by atoms with E-state index in [1.54, 1.807) is 23.0 Å². The van der Waals surface area contributed by atoms with Crippen molar-refractivity contribution in [3.8, 4) is 5.69 Å². The van der Waals surface area contributed by atoms with Gasteiger partial charge >= 0.3 is 0 Å². The van der Waals surface area contributed by atoms with Crippen molar-refractivity contribution in [2.24, 2.45) is 0 Å². The summed E-state index contributed by atoms with van der Waals surface area (Å²) in [6, 6.07) is 13.1. The lowest BCUT2D eigenvalue weighted by Crippen LogP contribution is -2.43. The molecule has 2 N–H and O–H groups in total. The largest absolute Gasteiger partial charge is 0.323 e. The predicted molar refractivity (Wildman–Crippen MR) is 102 cm³/mol. The third-order valence-electron chi connectivity index (χ3n) is 5.36. The molecule has 0 fully saturated rings. The molecule has 5 rings (SSSR count). The van der Waals surface area contributed by atoms with E-state index in [2.05, 4.69) is 15.7 Å². The normalized spacial score (nSPS) is 20.2. The van der Waals surface area contributed by atoms with Crippen LogP contribution >= 0.6 is 11.6 Å². The smallest absolute Gasteiger partial charge is 0.240 e.